The fraction of sp³-hybridized carbons (Fsp3) is 0.917. The molecule has 5 heteroatoms. The van der Waals surface area contributed by atoms with E-state index in [9.17, 15) is 4.79 Å². The van der Waals surface area contributed by atoms with E-state index in [1.807, 2.05) is 16.8 Å². The number of carbonyl (C=O) groups is 1. The van der Waals surface area contributed by atoms with Crippen LogP contribution in [0.25, 0.3) is 0 Å². The fourth-order valence-corrected chi connectivity index (χ4v) is 2.63. The number of rotatable bonds is 4. The SMILES string of the molecule is CN1CCN(CC2CCCO2)C(=O)C1CCO. The third-order valence-electron chi connectivity index (χ3n) is 3.70. The van der Waals surface area contributed by atoms with Gasteiger partial charge >= 0.3 is 0 Å². The number of aliphatic hydroxyl groups is 1. The minimum Gasteiger partial charge on any atom is -0.396 e. The lowest BCUT2D eigenvalue weighted by atomic mass is 10.1. The van der Waals surface area contributed by atoms with E-state index in [0.717, 1.165) is 32.5 Å². The summed E-state index contributed by atoms with van der Waals surface area (Å²) < 4.78 is 5.57. The molecule has 2 unspecified atom stereocenters. The average molecular weight is 242 g/mol. The second kappa shape index (κ2) is 5.80. The van der Waals surface area contributed by atoms with Crippen LogP contribution in [0.5, 0.6) is 0 Å². The summed E-state index contributed by atoms with van der Waals surface area (Å²) in [7, 11) is 1.95. The first-order valence-corrected chi connectivity index (χ1v) is 6.44. The molecule has 2 saturated heterocycles. The standard InChI is InChI=1S/C12H22N2O3/c1-13-5-6-14(9-10-3-2-8-17-10)12(16)11(13)4-7-15/h10-11,15H,2-9H2,1H3. The lowest BCUT2D eigenvalue weighted by Gasteiger charge is -2.39. The van der Waals surface area contributed by atoms with E-state index in [-0.39, 0.29) is 24.7 Å². The van der Waals surface area contributed by atoms with Gasteiger partial charge in [0.25, 0.3) is 0 Å². The third kappa shape index (κ3) is 2.97. The number of piperazine rings is 1. The molecule has 0 aromatic carbocycles. The van der Waals surface area contributed by atoms with Crippen molar-refractivity contribution < 1.29 is 14.6 Å². The lowest BCUT2D eigenvalue weighted by molar-refractivity contribution is -0.143. The van der Waals surface area contributed by atoms with E-state index >= 15 is 0 Å². The van der Waals surface area contributed by atoms with Crippen molar-refractivity contribution in [1.29, 1.82) is 0 Å². The Kier molecular flexibility index (Phi) is 4.36. The highest BCUT2D eigenvalue weighted by atomic mass is 16.5. The molecule has 2 aliphatic rings. The molecule has 0 radical (unpaired) electrons. The number of likely N-dealkylation sites (N-methyl/N-ethyl adjacent to an activating group) is 1. The molecular weight excluding hydrogens is 220 g/mol. The van der Waals surface area contributed by atoms with Crippen molar-refractivity contribution >= 4 is 5.91 Å². The first-order valence-electron chi connectivity index (χ1n) is 6.44. The highest BCUT2D eigenvalue weighted by molar-refractivity contribution is 5.82. The minimum atomic E-state index is -0.157. The maximum absolute atomic E-state index is 12.2. The van der Waals surface area contributed by atoms with Crippen molar-refractivity contribution in [3.63, 3.8) is 0 Å². The van der Waals surface area contributed by atoms with Gasteiger partial charge in [-0.1, -0.05) is 0 Å². The number of hydrogen-bond donors (Lipinski definition) is 1. The van der Waals surface area contributed by atoms with E-state index in [2.05, 4.69) is 0 Å². The van der Waals surface area contributed by atoms with Gasteiger partial charge in [0.2, 0.25) is 5.91 Å². The Morgan fingerprint density at radius 3 is 2.94 bits per heavy atom. The van der Waals surface area contributed by atoms with Crippen LogP contribution in [0.3, 0.4) is 0 Å². The van der Waals surface area contributed by atoms with Gasteiger partial charge in [0.15, 0.2) is 0 Å². The van der Waals surface area contributed by atoms with E-state index in [4.69, 9.17) is 9.84 Å². The number of amides is 1. The van der Waals surface area contributed by atoms with Gasteiger partial charge in [-0.3, -0.25) is 9.69 Å². The molecule has 0 bridgehead atoms. The van der Waals surface area contributed by atoms with Gasteiger partial charge in [-0.15, -0.1) is 0 Å². The summed E-state index contributed by atoms with van der Waals surface area (Å²) in [5.74, 6) is 0.142. The van der Waals surface area contributed by atoms with Gasteiger partial charge in [-0.05, 0) is 26.3 Å². The topological polar surface area (TPSA) is 53.0 Å². The zero-order valence-corrected chi connectivity index (χ0v) is 10.5. The minimum absolute atomic E-state index is 0.0640. The van der Waals surface area contributed by atoms with Crippen molar-refractivity contribution in [2.24, 2.45) is 0 Å². The third-order valence-corrected chi connectivity index (χ3v) is 3.70. The molecule has 2 atom stereocenters. The predicted molar refractivity (Wildman–Crippen MR) is 63.7 cm³/mol. The Hall–Kier alpha value is -0.650. The molecule has 2 heterocycles. The lowest BCUT2D eigenvalue weighted by Crippen LogP contribution is -2.57. The zero-order valence-electron chi connectivity index (χ0n) is 10.5. The Bertz CT molecular complexity index is 266. The number of hydrogen-bond acceptors (Lipinski definition) is 4. The maximum Gasteiger partial charge on any atom is 0.240 e. The van der Waals surface area contributed by atoms with Crippen molar-refractivity contribution in [2.75, 3.05) is 39.9 Å². The molecule has 2 rings (SSSR count). The van der Waals surface area contributed by atoms with Crippen molar-refractivity contribution in [2.45, 2.75) is 31.4 Å². The van der Waals surface area contributed by atoms with Gasteiger partial charge in [-0.2, -0.15) is 0 Å². The highest BCUT2D eigenvalue weighted by Crippen LogP contribution is 2.17. The predicted octanol–water partition coefficient (Wildman–Crippen LogP) is -0.310. The van der Waals surface area contributed by atoms with Crippen LogP contribution in [-0.2, 0) is 9.53 Å². The molecule has 0 aromatic heterocycles. The van der Waals surface area contributed by atoms with Gasteiger partial charge in [0.1, 0.15) is 0 Å². The molecule has 2 aliphatic heterocycles. The quantitative estimate of drug-likeness (QED) is 0.735. The molecule has 2 fully saturated rings. The van der Waals surface area contributed by atoms with Gasteiger partial charge in [0.05, 0.1) is 12.1 Å². The summed E-state index contributed by atoms with van der Waals surface area (Å²) >= 11 is 0. The normalized spacial score (nSPS) is 31.2. The molecule has 17 heavy (non-hydrogen) atoms. The highest BCUT2D eigenvalue weighted by Gasteiger charge is 2.33. The molecular formula is C12H22N2O3. The molecule has 0 spiro atoms. The Morgan fingerprint density at radius 1 is 1.47 bits per heavy atom. The first kappa shape index (κ1) is 12.8. The summed E-state index contributed by atoms with van der Waals surface area (Å²) in [5, 5.41) is 9.00. The van der Waals surface area contributed by atoms with Crippen LogP contribution in [-0.4, -0.2) is 72.9 Å². The molecule has 0 aromatic rings. The number of carbonyl (C=O) groups excluding carboxylic acids is 1. The Balaban J connectivity index is 1.91. The molecule has 0 saturated carbocycles. The van der Waals surface area contributed by atoms with Crippen molar-refractivity contribution in [1.82, 2.24) is 9.80 Å². The van der Waals surface area contributed by atoms with E-state index in [1.54, 1.807) is 0 Å². The smallest absolute Gasteiger partial charge is 0.240 e. The number of ether oxygens (including phenoxy) is 1. The van der Waals surface area contributed by atoms with Crippen LogP contribution >= 0.6 is 0 Å². The zero-order chi connectivity index (χ0) is 12.3. The molecule has 98 valence electrons. The second-order valence-electron chi connectivity index (χ2n) is 4.93. The van der Waals surface area contributed by atoms with Gasteiger partial charge < -0.3 is 14.7 Å². The van der Waals surface area contributed by atoms with E-state index < -0.39 is 0 Å². The van der Waals surface area contributed by atoms with Crippen LogP contribution in [0.15, 0.2) is 0 Å². The molecule has 1 amide bonds. The summed E-state index contributed by atoms with van der Waals surface area (Å²) in [5.41, 5.74) is 0. The second-order valence-corrected chi connectivity index (χ2v) is 4.93. The summed E-state index contributed by atoms with van der Waals surface area (Å²) in [6, 6.07) is -0.157. The first-order chi connectivity index (χ1) is 8.22. The Morgan fingerprint density at radius 2 is 2.29 bits per heavy atom. The molecule has 0 aliphatic carbocycles. The molecule has 5 nitrogen and oxygen atoms in total. The van der Waals surface area contributed by atoms with Crippen molar-refractivity contribution in [3.8, 4) is 0 Å². The largest absolute Gasteiger partial charge is 0.396 e. The van der Waals surface area contributed by atoms with Gasteiger partial charge in [0, 0.05) is 32.8 Å². The van der Waals surface area contributed by atoms with Gasteiger partial charge in [-0.25, -0.2) is 0 Å². The average Bonchev–Trinajstić information content (AvgIpc) is 2.81. The molecule has 1 N–H and O–H groups in total. The monoisotopic (exact) mass is 242 g/mol. The Labute approximate surface area is 102 Å². The van der Waals surface area contributed by atoms with Crippen LogP contribution in [0, 0.1) is 0 Å². The maximum atomic E-state index is 12.2. The van der Waals surface area contributed by atoms with Crippen LogP contribution in [0.4, 0.5) is 0 Å². The number of nitrogens with zero attached hydrogens (tertiary/aromatic N) is 2. The summed E-state index contributed by atoms with van der Waals surface area (Å²) in [6.07, 6.45) is 2.91. The summed E-state index contributed by atoms with van der Waals surface area (Å²) in [6.45, 7) is 3.26. The fourth-order valence-electron chi connectivity index (χ4n) is 2.63. The van der Waals surface area contributed by atoms with E-state index in [0.29, 0.717) is 13.0 Å². The van der Waals surface area contributed by atoms with Crippen LogP contribution in [0.2, 0.25) is 0 Å². The van der Waals surface area contributed by atoms with Crippen LogP contribution < -0.4 is 0 Å². The van der Waals surface area contributed by atoms with Crippen LogP contribution in [0.1, 0.15) is 19.3 Å². The van der Waals surface area contributed by atoms with E-state index in [1.165, 1.54) is 0 Å². The van der Waals surface area contributed by atoms with Crippen molar-refractivity contribution in [3.05, 3.63) is 0 Å². The number of aliphatic hydroxyl groups excluding tert-OH is 1. The summed E-state index contributed by atoms with van der Waals surface area (Å²) in [4.78, 5) is 16.2.